The van der Waals surface area contributed by atoms with Gasteiger partial charge in [-0.25, -0.2) is 13.1 Å². The number of nitrogens with one attached hydrogen (secondary N) is 1. The highest BCUT2D eigenvalue weighted by atomic mass is 79.9. The van der Waals surface area contributed by atoms with Gasteiger partial charge >= 0.3 is 0 Å². The summed E-state index contributed by atoms with van der Waals surface area (Å²) in [5.74, 6) is 0.191. The van der Waals surface area contributed by atoms with Crippen LogP contribution < -0.4 is 4.72 Å². The third-order valence-corrected chi connectivity index (χ3v) is 6.43. The Morgan fingerprint density at radius 3 is 2.33 bits per heavy atom. The van der Waals surface area contributed by atoms with Crippen molar-refractivity contribution in [1.82, 2.24) is 4.72 Å². The molecule has 0 fully saturated rings. The first-order valence-electron chi connectivity index (χ1n) is 5.15. The van der Waals surface area contributed by atoms with Gasteiger partial charge in [0.1, 0.15) is 0 Å². The van der Waals surface area contributed by atoms with Gasteiger partial charge in [-0.2, -0.15) is 0 Å². The normalized spacial score (nSPS) is 12.8. The number of hydrogen-bond acceptors (Lipinski definition) is 2. The molecule has 0 radical (unpaired) electrons. The third-order valence-electron chi connectivity index (χ3n) is 2.25. The molecule has 1 N–H and O–H groups in total. The highest BCUT2D eigenvalue weighted by molar-refractivity contribution is 9.11. The van der Waals surface area contributed by atoms with Crippen LogP contribution in [-0.4, -0.2) is 19.8 Å². The van der Waals surface area contributed by atoms with Crippen LogP contribution in [0.15, 0.2) is 26.0 Å². The van der Waals surface area contributed by atoms with E-state index in [4.69, 9.17) is 11.6 Å². The highest BCUT2D eigenvalue weighted by Crippen LogP contribution is 2.29. The zero-order chi connectivity index (χ0) is 14.1. The van der Waals surface area contributed by atoms with Crippen molar-refractivity contribution >= 4 is 53.5 Å². The summed E-state index contributed by atoms with van der Waals surface area (Å²) in [4.78, 5) is 0.193. The largest absolute Gasteiger partial charge is 0.242 e. The number of rotatable bonds is 4. The van der Waals surface area contributed by atoms with E-state index in [1.54, 1.807) is 26.0 Å². The van der Waals surface area contributed by atoms with E-state index in [0.717, 1.165) is 10.0 Å². The van der Waals surface area contributed by atoms with E-state index in [9.17, 15) is 8.42 Å². The van der Waals surface area contributed by atoms with Crippen molar-refractivity contribution in [2.45, 2.75) is 31.2 Å². The van der Waals surface area contributed by atoms with Crippen LogP contribution in [0.25, 0.3) is 0 Å². The Balaban J connectivity index is 3.26. The highest BCUT2D eigenvalue weighted by Gasteiger charge is 2.27. The van der Waals surface area contributed by atoms with E-state index in [1.807, 2.05) is 6.92 Å². The minimum atomic E-state index is -3.61. The predicted molar refractivity (Wildman–Crippen MR) is 81.7 cm³/mol. The molecule has 0 aliphatic carbocycles. The molecule has 0 bridgehead atoms. The van der Waals surface area contributed by atoms with Crippen LogP contribution in [0.3, 0.4) is 0 Å². The van der Waals surface area contributed by atoms with Crippen LogP contribution in [-0.2, 0) is 10.0 Å². The Hall–Kier alpha value is 0.380. The summed E-state index contributed by atoms with van der Waals surface area (Å²) in [5, 5.41) is 0. The van der Waals surface area contributed by atoms with Gasteiger partial charge in [0.25, 0.3) is 0 Å². The van der Waals surface area contributed by atoms with Crippen molar-refractivity contribution in [3.63, 3.8) is 0 Å². The molecule has 0 heterocycles. The summed E-state index contributed by atoms with van der Waals surface area (Å²) < 4.78 is 28.4. The van der Waals surface area contributed by atoms with Crippen LogP contribution >= 0.6 is 43.5 Å². The molecule has 102 valence electrons. The first-order valence-corrected chi connectivity index (χ1v) is 8.75. The molecule has 18 heavy (non-hydrogen) atoms. The number of halogens is 3. The third kappa shape index (κ3) is 3.93. The summed E-state index contributed by atoms with van der Waals surface area (Å²) in [6.07, 6.45) is 0. The van der Waals surface area contributed by atoms with Crippen LogP contribution in [0.2, 0.25) is 0 Å². The first kappa shape index (κ1) is 16.4. The molecular weight excluding hydrogens is 405 g/mol. The van der Waals surface area contributed by atoms with E-state index in [0.29, 0.717) is 4.47 Å². The van der Waals surface area contributed by atoms with Gasteiger partial charge in [0.2, 0.25) is 10.0 Å². The van der Waals surface area contributed by atoms with Crippen molar-refractivity contribution in [1.29, 1.82) is 0 Å². The van der Waals surface area contributed by atoms with Crippen LogP contribution in [0, 0.1) is 6.92 Å². The summed E-state index contributed by atoms with van der Waals surface area (Å²) in [6, 6.07) is 3.33. The number of alkyl halides is 1. The van der Waals surface area contributed by atoms with Crippen LogP contribution in [0.5, 0.6) is 0 Å². The molecule has 3 nitrogen and oxygen atoms in total. The average molecular weight is 420 g/mol. The summed E-state index contributed by atoms with van der Waals surface area (Å²) in [6.45, 7) is 5.35. The monoisotopic (exact) mass is 417 g/mol. The molecule has 0 saturated heterocycles. The number of sulfonamides is 1. The lowest BCUT2D eigenvalue weighted by atomic mass is 10.1. The zero-order valence-corrected chi connectivity index (χ0v) is 15.0. The van der Waals surface area contributed by atoms with E-state index in [2.05, 4.69) is 36.6 Å². The molecule has 1 aromatic carbocycles. The van der Waals surface area contributed by atoms with Crippen molar-refractivity contribution in [3.8, 4) is 0 Å². The molecule has 0 spiro atoms. The minimum Gasteiger partial charge on any atom is -0.207 e. The maximum Gasteiger partial charge on any atom is 0.242 e. The first-order chi connectivity index (χ1) is 8.09. The second-order valence-corrected chi connectivity index (χ2v) is 8.28. The van der Waals surface area contributed by atoms with E-state index in [-0.39, 0.29) is 10.8 Å². The molecular formula is C11H14Br2ClNO2S. The van der Waals surface area contributed by atoms with Gasteiger partial charge in [-0.15, -0.1) is 11.6 Å². The lowest BCUT2D eigenvalue weighted by Crippen LogP contribution is -2.44. The Kier molecular flexibility index (Phi) is 5.29. The summed E-state index contributed by atoms with van der Waals surface area (Å²) in [5.41, 5.74) is 0.259. The molecule has 1 aromatic rings. The van der Waals surface area contributed by atoms with Crippen molar-refractivity contribution in [2.75, 3.05) is 5.88 Å². The SMILES string of the molecule is Cc1cc(Br)c(S(=O)(=O)NC(C)(C)CCl)cc1Br. The van der Waals surface area contributed by atoms with Crippen molar-refractivity contribution in [2.24, 2.45) is 0 Å². The zero-order valence-electron chi connectivity index (χ0n) is 10.2. The maximum atomic E-state index is 12.3. The van der Waals surface area contributed by atoms with Crippen LogP contribution in [0.1, 0.15) is 19.4 Å². The second kappa shape index (κ2) is 5.79. The van der Waals surface area contributed by atoms with Crippen molar-refractivity contribution in [3.05, 3.63) is 26.6 Å². The van der Waals surface area contributed by atoms with E-state index >= 15 is 0 Å². The van der Waals surface area contributed by atoms with Gasteiger partial charge in [-0.05, 0) is 54.4 Å². The topological polar surface area (TPSA) is 46.2 Å². The Bertz CT molecular complexity index is 558. The quantitative estimate of drug-likeness (QED) is 0.755. The van der Waals surface area contributed by atoms with Gasteiger partial charge in [0, 0.05) is 20.4 Å². The predicted octanol–water partition coefficient (Wildman–Crippen LogP) is 3.82. The Morgan fingerprint density at radius 2 is 1.83 bits per heavy atom. The molecule has 1 rings (SSSR count). The molecule has 0 aliphatic heterocycles. The molecule has 0 atom stereocenters. The number of benzene rings is 1. The van der Waals surface area contributed by atoms with E-state index < -0.39 is 15.6 Å². The minimum absolute atomic E-state index is 0.191. The van der Waals surface area contributed by atoms with Gasteiger partial charge in [0.05, 0.1) is 4.90 Å². The Morgan fingerprint density at radius 1 is 1.28 bits per heavy atom. The summed E-state index contributed by atoms with van der Waals surface area (Å²) >= 11 is 12.3. The van der Waals surface area contributed by atoms with Gasteiger partial charge in [0.15, 0.2) is 0 Å². The lowest BCUT2D eigenvalue weighted by Gasteiger charge is -2.23. The molecule has 0 saturated carbocycles. The molecule has 0 aliphatic rings. The molecule has 0 amide bonds. The smallest absolute Gasteiger partial charge is 0.207 e. The number of hydrogen-bond donors (Lipinski definition) is 1. The van der Waals surface area contributed by atoms with E-state index in [1.165, 1.54) is 0 Å². The summed E-state index contributed by atoms with van der Waals surface area (Å²) in [7, 11) is -3.61. The fraction of sp³-hybridized carbons (Fsp3) is 0.455. The lowest BCUT2D eigenvalue weighted by molar-refractivity contribution is 0.495. The fourth-order valence-electron chi connectivity index (χ4n) is 1.28. The Labute approximate surface area is 130 Å². The second-order valence-electron chi connectivity index (χ2n) is 4.65. The maximum absolute atomic E-state index is 12.3. The standard InChI is InChI=1S/C11H14Br2ClNO2S/c1-7-4-9(13)10(5-8(7)12)18(16,17)15-11(2,3)6-14/h4-5,15H,6H2,1-3H3. The van der Waals surface area contributed by atoms with Gasteiger partial charge in [-0.1, -0.05) is 15.9 Å². The molecule has 0 unspecified atom stereocenters. The molecule has 7 heteroatoms. The fourth-order valence-corrected chi connectivity index (χ4v) is 4.52. The van der Waals surface area contributed by atoms with Crippen molar-refractivity contribution < 1.29 is 8.42 Å². The number of aryl methyl sites for hydroxylation is 1. The van der Waals surface area contributed by atoms with Gasteiger partial charge in [-0.3, -0.25) is 0 Å². The molecule has 0 aromatic heterocycles. The average Bonchev–Trinajstić information content (AvgIpc) is 2.21. The van der Waals surface area contributed by atoms with Crippen LogP contribution in [0.4, 0.5) is 0 Å². The van der Waals surface area contributed by atoms with Gasteiger partial charge < -0.3 is 0 Å².